The number of imidazole rings is 1. The highest BCUT2D eigenvalue weighted by Gasteiger charge is 2.36. The number of amides is 2. The monoisotopic (exact) mass is 645 g/mol. The number of nitrogens with one attached hydrogen (secondary N) is 1. The number of nitrogens with zero attached hydrogens (tertiary/aromatic N) is 4. The summed E-state index contributed by atoms with van der Waals surface area (Å²) in [6.07, 6.45) is 6.97. The number of ether oxygens (including phenoxy) is 2. The van der Waals surface area contributed by atoms with Crippen molar-refractivity contribution >= 4 is 58.4 Å². The number of halogens is 3. The SMILES string of the molecule is CC(C)(C)OC(=O)N1CCC[C@H]1c1ncc(C#Cc2ccc(C3=CCC([C@@H]4CCCN4C(=O)OCC(Cl)(Cl)Cl)=N3)cc2)[nH]1. The van der Waals surface area contributed by atoms with Crippen LogP contribution in [0.1, 0.15) is 81.6 Å². The zero-order valence-corrected chi connectivity index (χ0v) is 26.6. The number of carbonyl (C=O) groups excluding carboxylic acids is 2. The van der Waals surface area contributed by atoms with E-state index in [1.54, 1.807) is 16.0 Å². The van der Waals surface area contributed by atoms with Crippen LogP contribution in [0.25, 0.3) is 5.70 Å². The van der Waals surface area contributed by atoms with Gasteiger partial charge in [0.2, 0.25) is 3.79 Å². The van der Waals surface area contributed by atoms with E-state index in [-0.39, 0.29) is 24.8 Å². The Bertz CT molecular complexity index is 1480. The summed E-state index contributed by atoms with van der Waals surface area (Å²) in [6, 6.07) is 7.58. The molecule has 2 saturated heterocycles. The van der Waals surface area contributed by atoms with Crippen molar-refractivity contribution in [2.45, 2.75) is 74.4 Å². The van der Waals surface area contributed by atoms with Gasteiger partial charge in [-0.15, -0.1) is 0 Å². The second kappa shape index (κ2) is 12.8. The first-order valence-corrected chi connectivity index (χ1v) is 15.4. The van der Waals surface area contributed by atoms with Crippen molar-refractivity contribution in [3.05, 3.63) is 59.2 Å². The Hall–Kier alpha value is -3.19. The van der Waals surface area contributed by atoms with E-state index in [9.17, 15) is 9.59 Å². The van der Waals surface area contributed by atoms with Crippen LogP contribution in [0.4, 0.5) is 9.59 Å². The van der Waals surface area contributed by atoms with Crippen LogP contribution in [0, 0.1) is 11.8 Å². The van der Waals surface area contributed by atoms with E-state index in [0.29, 0.717) is 31.0 Å². The molecule has 3 aliphatic heterocycles. The third-order valence-corrected chi connectivity index (χ3v) is 7.64. The molecule has 0 radical (unpaired) electrons. The second-order valence-corrected chi connectivity index (χ2v) is 14.3. The molecule has 0 aliphatic carbocycles. The van der Waals surface area contributed by atoms with Crippen molar-refractivity contribution in [1.29, 1.82) is 0 Å². The van der Waals surface area contributed by atoms with Crippen molar-refractivity contribution in [2.75, 3.05) is 19.7 Å². The maximum absolute atomic E-state index is 12.7. The number of alkyl halides is 3. The van der Waals surface area contributed by atoms with Crippen molar-refractivity contribution in [3.63, 3.8) is 0 Å². The molecule has 3 aliphatic rings. The van der Waals surface area contributed by atoms with Gasteiger partial charge in [0.15, 0.2) is 0 Å². The van der Waals surface area contributed by atoms with Gasteiger partial charge in [-0.25, -0.2) is 14.6 Å². The summed E-state index contributed by atoms with van der Waals surface area (Å²) in [4.78, 5) is 41.2. The highest BCUT2D eigenvalue weighted by molar-refractivity contribution is 6.67. The number of aliphatic imine (C=N–C) groups is 1. The minimum Gasteiger partial charge on any atom is -0.445 e. The quantitative estimate of drug-likeness (QED) is 0.284. The Kier molecular flexibility index (Phi) is 9.31. The molecule has 0 saturated carbocycles. The van der Waals surface area contributed by atoms with E-state index in [4.69, 9.17) is 49.3 Å². The van der Waals surface area contributed by atoms with Gasteiger partial charge < -0.3 is 14.5 Å². The molecule has 5 rings (SSSR count). The number of likely N-dealkylation sites (tertiary alicyclic amines) is 2. The first-order chi connectivity index (χ1) is 20.4. The minimum absolute atomic E-state index is 0.137. The number of allylic oxidation sites excluding steroid dienone is 1. The van der Waals surface area contributed by atoms with Gasteiger partial charge in [-0.1, -0.05) is 58.9 Å². The molecule has 1 aromatic heterocycles. The molecule has 1 N–H and O–H groups in total. The van der Waals surface area contributed by atoms with E-state index >= 15 is 0 Å². The number of aromatic nitrogens is 2. The second-order valence-electron chi connectivity index (χ2n) is 11.8. The molecule has 2 amide bonds. The average molecular weight is 647 g/mol. The Morgan fingerprint density at radius 2 is 1.67 bits per heavy atom. The van der Waals surface area contributed by atoms with Gasteiger partial charge in [-0.05, 0) is 70.1 Å². The number of H-pyrrole nitrogens is 1. The van der Waals surface area contributed by atoms with E-state index in [2.05, 4.69) is 27.9 Å². The molecule has 2 atom stereocenters. The summed E-state index contributed by atoms with van der Waals surface area (Å²) in [7, 11) is 0. The smallest absolute Gasteiger partial charge is 0.410 e. The van der Waals surface area contributed by atoms with Crippen LogP contribution in [-0.4, -0.2) is 72.8 Å². The van der Waals surface area contributed by atoms with Crippen LogP contribution in [-0.2, 0) is 9.47 Å². The van der Waals surface area contributed by atoms with Gasteiger partial charge in [0.25, 0.3) is 0 Å². The molecule has 1 aromatic carbocycles. The largest absolute Gasteiger partial charge is 0.445 e. The molecule has 2 aromatic rings. The highest BCUT2D eigenvalue weighted by atomic mass is 35.6. The van der Waals surface area contributed by atoms with Crippen molar-refractivity contribution in [1.82, 2.24) is 19.8 Å². The number of aromatic amines is 1. The van der Waals surface area contributed by atoms with Gasteiger partial charge >= 0.3 is 12.2 Å². The standard InChI is InChI=1S/C31H34Cl3N5O4/c1-30(2,3)43-29(41)39-17-5-7-26(39)27-35-18-22(36-27)13-10-20-8-11-21(12-9-20)23-14-15-24(37-23)25-6-4-16-38(25)28(40)42-19-31(32,33)34/h8-9,11-12,14,18,25-26H,4-7,15-17,19H2,1-3H3,(H,35,36)/t25-,26-/m0/s1. The molecule has 0 spiro atoms. The molecule has 9 nitrogen and oxygen atoms in total. The Balaban J connectivity index is 1.20. The number of rotatable bonds is 4. The van der Waals surface area contributed by atoms with Crippen molar-refractivity contribution in [2.24, 2.45) is 4.99 Å². The fourth-order valence-electron chi connectivity index (χ4n) is 5.42. The summed E-state index contributed by atoms with van der Waals surface area (Å²) >= 11 is 17.2. The maximum Gasteiger partial charge on any atom is 0.410 e. The number of hydrogen-bond donors (Lipinski definition) is 1. The number of carbonyl (C=O) groups is 2. The Morgan fingerprint density at radius 3 is 2.35 bits per heavy atom. The summed E-state index contributed by atoms with van der Waals surface area (Å²) < 4.78 is 9.12. The molecular weight excluding hydrogens is 613 g/mol. The molecule has 0 unspecified atom stereocenters. The van der Waals surface area contributed by atoms with Crippen molar-refractivity contribution in [3.8, 4) is 11.8 Å². The molecular formula is C31H34Cl3N5O4. The normalized spacial score (nSPS) is 20.4. The van der Waals surface area contributed by atoms with E-state index < -0.39 is 15.5 Å². The zero-order valence-electron chi connectivity index (χ0n) is 24.3. The Morgan fingerprint density at radius 1 is 1.00 bits per heavy atom. The molecule has 2 fully saturated rings. The lowest BCUT2D eigenvalue weighted by atomic mass is 10.1. The number of benzene rings is 1. The highest BCUT2D eigenvalue weighted by Crippen LogP contribution is 2.32. The van der Waals surface area contributed by atoms with Gasteiger partial charge in [0, 0.05) is 30.8 Å². The van der Waals surface area contributed by atoms with Gasteiger partial charge in [0.1, 0.15) is 23.7 Å². The lowest BCUT2D eigenvalue weighted by Gasteiger charge is -2.27. The summed E-state index contributed by atoms with van der Waals surface area (Å²) in [6.45, 7) is 6.49. The summed E-state index contributed by atoms with van der Waals surface area (Å²) in [5.41, 5.74) is 3.72. The van der Waals surface area contributed by atoms with Crippen LogP contribution >= 0.6 is 34.8 Å². The zero-order chi connectivity index (χ0) is 30.8. The van der Waals surface area contributed by atoms with Crippen molar-refractivity contribution < 1.29 is 19.1 Å². The first-order valence-electron chi connectivity index (χ1n) is 14.3. The van der Waals surface area contributed by atoms with Crippen LogP contribution in [0.2, 0.25) is 0 Å². The fraction of sp³-hybridized carbons (Fsp3) is 0.484. The molecule has 12 heteroatoms. The van der Waals surface area contributed by atoms with E-state index in [1.807, 2.05) is 45.0 Å². The first kappa shape index (κ1) is 31.2. The molecule has 228 valence electrons. The lowest BCUT2D eigenvalue weighted by molar-refractivity contribution is 0.0218. The third-order valence-electron chi connectivity index (χ3n) is 7.31. The van der Waals surface area contributed by atoms with E-state index in [1.165, 1.54) is 0 Å². The van der Waals surface area contributed by atoms with Gasteiger partial charge in [0.05, 0.1) is 24.0 Å². The van der Waals surface area contributed by atoms with Crippen LogP contribution < -0.4 is 0 Å². The fourth-order valence-corrected chi connectivity index (χ4v) is 5.59. The Labute approximate surface area is 266 Å². The lowest BCUT2D eigenvalue weighted by Crippen LogP contribution is -2.41. The predicted octanol–water partition coefficient (Wildman–Crippen LogP) is 7.04. The topological polar surface area (TPSA) is 100 Å². The van der Waals surface area contributed by atoms with Crippen LogP contribution in [0.15, 0.2) is 41.5 Å². The summed E-state index contributed by atoms with van der Waals surface area (Å²) in [5, 5.41) is 0. The van der Waals surface area contributed by atoms with Crippen LogP contribution in [0.5, 0.6) is 0 Å². The minimum atomic E-state index is -1.65. The maximum atomic E-state index is 12.7. The summed E-state index contributed by atoms with van der Waals surface area (Å²) in [5.74, 6) is 7.02. The van der Waals surface area contributed by atoms with E-state index in [0.717, 1.165) is 48.2 Å². The van der Waals surface area contributed by atoms with Gasteiger partial charge in [-0.3, -0.25) is 14.8 Å². The third kappa shape index (κ3) is 8.05. The number of hydrogen-bond acceptors (Lipinski definition) is 6. The van der Waals surface area contributed by atoms with Crippen LogP contribution in [0.3, 0.4) is 0 Å². The molecule has 0 bridgehead atoms. The molecule has 4 heterocycles. The molecule has 43 heavy (non-hydrogen) atoms. The van der Waals surface area contributed by atoms with Gasteiger partial charge in [-0.2, -0.15) is 0 Å². The predicted molar refractivity (Wildman–Crippen MR) is 167 cm³/mol. The average Bonchev–Trinajstić information content (AvgIpc) is 3.75.